The highest BCUT2D eigenvalue weighted by atomic mass is 16.1. The predicted octanol–water partition coefficient (Wildman–Crippen LogP) is 0.915. The van der Waals surface area contributed by atoms with Crippen LogP contribution in [0.4, 0.5) is 5.82 Å². The standard InChI is InChI=1S/C11H20N4O/c1-4-12-5-6-13-9-7-10(16)15-11(14-9)8(2)3/h7-8,12H,4-6H2,1-3H3,(H2,13,14,15,16). The highest BCUT2D eigenvalue weighted by molar-refractivity contribution is 5.33. The van der Waals surface area contributed by atoms with Crippen LogP contribution in [0, 0.1) is 0 Å². The molecular formula is C11H20N4O. The first-order chi connectivity index (χ1) is 7.63. The van der Waals surface area contributed by atoms with Crippen LogP contribution >= 0.6 is 0 Å². The van der Waals surface area contributed by atoms with Gasteiger partial charge in [-0.05, 0) is 6.54 Å². The fraction of sp³-hybridized carbons (Fsp3) is 0.636. The van der Waals surface area contributed by atoms with Gasteiger partial charge in [-0.1, -0.05) is 20.8 Å². The molecule has 90 valence electrons. The summed E-state index contributed by atoms with van der Waals surface area (Å²) in [6.45, 7) is 8.63. The highest BCUT2D eigenvalue weighted by Gasteiger charge is 2.04. The minimum atomic E-state index is -0.107. The third kappa shape index (κ3) is 4.02. The molecule has 3 N–H and O–H groups in total. The highest BCUT2D eigenvalue weighted by Crippen LogP contribution is 2.08. The number of aromatic nitrogens is 2. The lowest BCUT2D eigenvalue weighted by Crippen LogP contribution is -2.23. The summed E-state index contributed by atoms with van der Waals surface area (Å²) in [7, 11) is 0. The Morgan fingerprint density at radius 3 is 2.81 bits per heavy atom. The Hall–Kier alpha value is -1.36. The summed E-state index contributed by atoms with van der Waals surface area (Å²) < 4.78 is 0. The van der Waals surface area contributed by atoms with Gasteiger partial charge >= 0.3 is 0 Å². The van der Waals surface area contributed by atoms with Crippen LogP contribution < -0.4 is 16.2 Å². The van der Waals surface area contributed by atoms with Crippen molar-refractivity contribution >= 4 is 5.82 Å². The number of hydrogen-bond donors (Lipinski definition) is 3. The lowest BCUT2D eigenvalue weighted by Gasteiger charge is -2.08. The van der Waals surface area contributed by atoms with Crippen molar-refractivity contribution in [2.45, 2.75) is 26.7 Å². The first-order valence-corrected chi connectivity index (χ1v) is 5.69. The topological polar surface area (TPSA) is 69.8 Å². The van der Waals surface area contributed by atoms with Gasteiger partial charge in [0.05, 0.1) is 0 Å². The summed E-state index contributed by atoms with van der Waals surface area (Å²) in [4.78, 5) is 18.4. The zero-order valence-corrected chi connectivity index (χ0v) is 10.1. The third-order valence-electron chi connectivity index (χ3n) is 2.16. The minimum Gasteiger partial charge on any atom is -0.369 e. The molecule has 0 spiro atoms. The summed E-state index contributed by atoms with van der Waals surface area (Å²) in [5.74, 6) is 1.59. The van der Waals surface area contributed by atoms with E-state index in [9.17, 15) is 4.79 Å². The molecule has 0 unspecified atom stereocenters. The molecule has 0 saturated heterocycles. The number of rotatable bonds is 6. The SMILES string of the molecule is CCNCCNc1cc(=O)[nH]c(C(C)C)n1. The second-order valence-corrected chi connectivity index (χ2v) is 3.95. The number of likely N-dealkylation sites (N-methyl/N-ethyl adjacent to an activating group) is 1. The zero-order valence-electron chi connectivity index (χ0n) is 10.1. The average Bonchev–Trinajstić information content (AvgIpc) is 2.23. The first kappa shape index (κ1) is 12.7. The third-order valence-corrected chi connectivity index (χ3v) is 2.16. The monoisotopic (exact) mass is 224 g/mol. The van der Waals surface area contributed by atoms with Gasteiger partial charge in [-0.2, -0.15) is 0 Å². The molecule has 0 aliphatic rings. The van der Waals surface area contributed by atoms with E-state index in [4.69, 9.17) is 0 Å². The van der Waals surface area contributed by atoms with Gasteiger partial charge in [0, 0.05) is 25.1 Å². The van der Waals surface area contributed by atoms with Gasteiger partial charge in [0.25, 0.3) is 5.56 Å². The molecule has 16 heavy (non-hydrogen) atoms. The molecule has 0 aliphatic heterocycles. The van der Waals surface area contributed by atoms with Crippen molar-refractivity contribution in [3.8, 4) is 0 Å². The molecule has 5 nitrogen and oxygen atoms in total. The molecule has 1 aromatic heterocycles. The van der Waals surface area contributed by atoms with E-state index >= 15 is 0 Å². The van der Waals surface area contributed by atoms with Crippen LogP contribution in [0.25, 0.3) is 0 Å². The average molecular weight is 224 g/mol. The van der Waals surface area contributed by atoms with Crippen molar-refractivity contribution in [1.82, 2.24) is 15.3 Å². The van der Waals surface area contributed by atoms with Crippen molar-refractivity contribution in [2.24, 2.45) is 0 Å². The molecule has 0 amide bonds. The molecule has 1 aromatic rings. The maximum absolute atomic E-state index is 11.4. The van der Waals surface area contributed by atoms with Crippen molar-refractivity contribution in [1.29, 1.82) is 0 Å². The number of nitrogens with one attached hydrogen (secondary N) is 3. The van der Waals surface area contributed by atoms with Gasteiger partial charge in [0.2, 0.25) is 0 Å². The Balaban J connectivity index is 2.62. The lowest BCUT2D eigenvalue weighted by atomic mass is 10.2. The first-order valence-electron chi connectivity index (χ1n) is 5.69. The van der Waals surface area contributed by atoms with Crippen LogP contribution in [0.15, 0.2) is 10.9 Å². The van der Waals surface area contributed by atoms with E-state index in [0.29, 0.717) is 5.82 Å². The molecule has 0 atom stereocenters. The minimum absolute atomic E-state index is 0.107. The molecule has 1 heterocycles. The van der Waals surface area contributed by atoms with E-state index in [1.807, 2.05) is 13.8 Å². The van der Waals surface area contributed by atoms with Crippen molar-refractivity contribution in [3.63, 3.8) is 0 Å². The van der Waals surface area contributed by atoms with Crippen LogP contribution in [0.1, 0.15) is 32.5 Å². The van der Waals surface area contributed by atoms with Crippen LogP contribution in [0.5, 0.6) is 0 Å². The largest absolute Gasteiger partial charge is 0.369 e. The molecular weight excluding hydrogens is 204 g/mol. The summed E-state index contributed by atoms with van der Waals surface area (Å²) in [6, 6.07) is 1.48. The normalized spacial score (nSPS) is 10.8. The molecule has 1 rings (SSSR count). The molecule has 0 fully saturated rings. The van der Waals surface area contributed by atoms with E-state index in [0.717, 1.165) is 25.5 Å². The van der Waals surface area contributed by atoms with Gasteiger partial charge in [-0.15, -0.1) is 0 Å². The van der Waals surface area contributed by atoms with Crippen molar-refractivity contribution in [3.05, 3.63) is 22.2 Å². The van der Waals surface area contributed by atoms with E-state index < -0.39 is 0 Å². The van der Waals surface area contributed by atoms with E-state index in [1.165, 1.54) is 6.07 Å². The summed E-state index contributed by atoms with van der Waals surface area (Å²) in [6.07, 6.45) is 0. The van der Waals surface area contributed by atoms with Crippen LogP contribution in [0.2, 0.25) is 0 Å². The summed E-state index contributed by atoms with van der Waals surface area (Å²) in [5, 5.41) is 6.32. The Bertz CT molecular complexity index is 372. The lowest BCUT2D eigenvalue weighted by molar-refractivity contribution is 0.732. The van der Waals surface area contributed by atoms with Crippen LogP contribution in [-0.2, 0) is 0 Å². The smallest absolute Gasteiger partial charge is 0.252 e. The number of H-pyrrole nitrogens is 1. The van der Waals surface area contributed by atoms with Gasteiger partial charge in [-0.25, -0.2) is 4.98 Å². The zero-order chi connectivity index (χ0) is 12.0. The van der Waals surface area contributed by atoms with E-state index in [-0.39, 0.29) is 11.5 Å². The maximum Gasteiger partial charge on any atom is 0.252 e. The molecule has 0 aliphatic carbocycles. The second kappa shape index (κ2) is 6.27. The quantitative estimate of drug-likeness (QED) is 0.628. The fourth-order valence-electron chi connectivity index (χ4n) is 1.30. The Morgan fingerprint density at radius 1 is 1.44 bits per heavy atom. The maximum atomic E-state index is 11.4. The van der Waals surface area contributed by atoms with Crippen molar-refractivity contribution < 1.29 is 0 Å². The van der Waals surface area contributed by atoms with Gasteiger partial charge in [-0.3, -0.25) is 4.79 Å². The number of aromatic amines is 1. The van der Waals surface area contributed by atoms with Crippen LogP contribution in [0.3, 0.4) is 0 Å². The Kier molecular flexibility index (Phi) is 4.98. The predicted molar refractivity (Wildman–Crippen MR) is 66.0 cm³/mol. The number of nitrogens with zero attached hydrogens (tertiary/aromatic N) is 1. The second-order valence-electron chi connectivity index (χ2n) is 3.95. The Labute approximate surface area is 95.7 Å². The molecule has 5 heteroatoms. The molecule has 0 radical (unpaired) electrons. The summed E-state index contributed by atoms with van der Waals surface area (Å²) in [5.41, 5.74) is -0.107. The van der Waals surface area contributed by atoms with Crippen molar-refractivity contribution in [2.75, 3.05) is 25.0 Å². The summed E-state index contributed by atoms with van der Waals surface area (Å²) >= 11 is 0. The van der Waals surface area contributed by atoms with E-state index in [2.05, 4.69) is 27.5 Å². The van der Waals surface area contributed by atoms with Crippen LogP contribution in [-0.4, -0.2) is 29.6 Å². The number of hydrogen-bond acceptors (Lipinski definition) is 4. The molecule has 0 bridgehead atoms. The Morgan fingerprint density at radius 2 is 2.19 bits per heavy atom. The van der Waals surface area contributed by atoms with E-state index in [1.54, 1.807) is 0 Å². The van der Waals surface area contributed by atoms with Gasteiger partial charge in [0.1, 0.15) is 11.6 Å². The van der Waals surface area contributed by atoms with Gasteiger partial charge < -0.3 is 15.6 Å². The van der Waals surface area contributed by atoms with Gasteiger partial charge in [0.15, 0.2) is 0 Å². The molecule has 0 aromatic carbocycles. The molecule has 0 saturated carbocycles. The number of anilines is 1. The fourth-order valence-corrected chi connectivity index (χ4v) is 1.30.